The van der Waals surface area contributed by atoms with Crippen molar-refractivity contribution in [1.29, 1.82) is 0 Å². The Morgan fingerprint density at radius 1 is 1.42 bits per heavy atom. The topological polar surface area (TPSA) is 86.5 Å². The van der Waals surface area contributed by atoms with Gasteiger partial charge in [0, 0.05) is 0 Å². The minimum absolute atomic E-state index is 0.0928. The van der Waals surface area contributed by atoms with Gasteiger partial charge in [-0.15, -0.1) is 0 Å². The maximum absolute atomic E-state index is 13.7. The quantitative estimate of drug-likeness (QED) is 0.853. The first kappa shape index (κ1) is 15.6. The van der Waals surface area contributed by atoms with E-state index in [4.69, 9.17) is 9.88 Å². The van der Waals surface area contributed by atoms with Crippen LogP contribution < -0.4 is 5.14 Å². The molecule has 0 aliphatic heterocycles. The number of rotatable bonds is 4. The van der Waals surface area contributed by atoms with E-state index in [0.717, 1.165) is 12.1 Å². The minimum Gasteiger partial charge on any atom is -0.462 e. The summed E-state index contributed by atoms with van der Waals surface area (Å²) in [6.07, 6.45) is 0. The molecule has 0 bridgehead atoms. The molecule has 0 heterocycles. The van der Waals surface area contributed by atoms with Crippen LogP contribution in [0.1, 0.15) is 29.8 Å². The molecular weight excluding hydrogens is 273 g/mol. The van der Waals surface area contributed by atoms with Gasteiger partial charge in [-0.05, 0) is 30.5 Å². The molecule has 1 rings (SSSR count). The number of hydrogen-bond donors (Lipinski definition) is 1. The third kappa shape index (κ3) is 4.00. The molecule has 0 amide bonds. The van der Waals surface area contributed by atoms with Gasteiger partial charge in [-0.3, -0.25) is 0 Å². The zero-order chi connectivity index (χ0) is 14.8. The van der Waals surface area contributed by atoms with Crippen molar-refractivity contribution in [2.45, 2.75) is 25.7 Å². The van der Waals surface area contributed by atoms with Crippen LogP contribution in [0.3, 0.4) is 0 Å². The first-order chi connectivity index (χ1) is 8.62. The zero-order valence-corrected chi connectivity index (χ0v) is 11.8. The molecule has 0 aliphatic rings. The molecule has 0 unspecified atom stereocenters. The highest BCUT2D eigenvalue weighted by atomic mass is 32.2. The standard InChI is InChI=1S/C12H16FNO4S/c1-7(2)6-18-12(15)9-5-11(19(14,16)17)8(3)4-10(9)13/h4-5,7H,6H2,1-3H3,(H2,14,16,17). The molecule has 1 aromatic rings. The second-order valence-electron chi connectivity index (χ2n) is 4.63. The number of carbonyl (C=O) groups excluding carboxylic acids is 1. The van der Waals surface area contributed by atoms with Crippen molar-refractivity contribution in [2.75, 3.05) is 6.61 Å². The predicted octanol–water partition coefficient (Wildman–Crippen LogP) is 1.59. The lowest BCUT2D eigenvalue weighted by Gasteiger charge is -2.10. The molecule has 2 N–H and O–H groups in total. The Hall–Kier alpha value is -1.47. The molecule has 0 spiro atoms. The molecular formula is C12H16FNO4S. The van der Waals surface area contributed by atoms with Gasteiger partial charge in [0.1, 0.15) is 5.82 Å². The van der Waals surface area contributed by atoms with Crippen molar-refractivity contribution < 1.29 is 22.3 Å². The fourth-order valence-corrected chi connectivity index (χ4v) is 2.23. The van der Waals surface area contributed by atoms with Crippen molar-refractivity contribution >= 4 is 16.0 Å². The summed E-state index contributed by atoms with van der Waals surface area (Å²) in [6.45, 7) is 5.17. The summed E-state index contributed by atoms with van der Waals surface area (Å²) >= 11 is 0. The fraction of sp³-hybridized carbons (Fsp3) is 0.417. The normalized spacial score (nSPS) is 11.7. The second-order valence-corrected chi connectivity index (χ2v) is 6.16. The Labute approximate surface area is 111 Å². The van der Waals surface area contributed by atoms with E-state index < -0.39 is 27.4 Å². The Kier molecular flexibility index (Phi) is 4.65. The Morgan fingerprint density at radius 3 is 2.47 bits per heavy atom. The van der Waals surface area contributed by atoms with E-state index in [1.807, 2.05) is 13.8 Å². The zero-order valence-electron chi connectivity index (χ0n) is 10.9. The first-order valence-corrected chi connectivity index (χ1v) is 7.17. The van der Waals surface area contributed by atoms with Gasteiger partial charge >= 0.3 is 5.97 Å². The number of sulfonamides is 1. The number of hydrogen-bond acceptors (Lipinski definition) is 4. The van der Waals surface area contributed by atoms with E-state index >= 15 is 0 Å². The van der Waals surface area contributed by atoms with E-state index in [0.29, 0.717) is 0 Å². The lowest BCUT2D eigenvalue weighted by Crippen LogP contribution is -2.17. The van der Waals surface area contributed by atoms with Gasteiger partial charge in [-0.25, -0.2) is 22.7 Å². The average molecular weight is 289 g/mol. The van der Waals surface area contributed by atoms with E-state index in [1.54, 1.807) is 0 Å². The molecule has 0 saturated heterocycles. The molecule has 0 aromatic heterocycles. The third-order valence-electron chi connectivity index (χ3n) is 2.34. The van der Waals surface area contributed by atoms with Gasteiger partial charge in [0.15, 0.2) is 0 Å². The van der Waals surface area contributed by atoms with E-state index in [-0.39, 0.29) is 23.0 Å². The van der Waals surface area contributed by atoms with Crippen LogP contribution in [0.25, 0.3) is 0 Å². The number of nitrogens with two attached hydrogens (primary N) is 1. The summed E-state index contributed by atoms with van der Waals surface area (Å²) in [5.41, 5.74) is -0.296. The van der Waals surface area contributed by atoms with Crippen LogP contribution in [0.5, 0.6) is 0 Å². The number of benzene rings is 1. The van der Waals surface area contributed by atoms with Crippen molar-refractivity contribution in [1.82, 2.24) is 0 Å². The predicted molar refractivity (Wildman–Crippen MR) is 67.6 cm³/mol. The number of halogens is 1. The summed E-state index contributed by atoms with van der Waals surface area (Å²) in [6, 6.07) is 1.86. The first-order valence-electron chi connectivity index (χ1n) is 5.63. The van der Waals surface area contributed by atoms with Crippen molar-refractivity contribution in [2.24, 2.45) is 11.1 Å². The number of carbonyl (C=O) groups is 1. The third-order valence-corrected chi connectivity index (χ3v) is 3.39. The highest BCUT2D eigenvalue weighted by molar-refractivity contribution is 7.89. The molecule has 0 radical (unpaired) electrons. The SMILES string of the molecule is Cc1cc(F)c(C(=O)OCC(C)C)cc1S(N)(=O)=O. The Balaban J connectivity index is 3.19. The van der Waals surface area contributed by atoms with E-state index in [1.165, 1.54) is 6.92 Å². The second kappa shape index (κ2) is 5.66. The molecule has 0 saturated carbocycles. The van der Waals surface area contributed by atoms with Crippen molar-refractivity contribution in [3.63, 3.8) is 0 Å². The van der Waals surface area contributed by atoms with Crippen molar-refractivity contribution in [3.05, 3.63) is 29.1 Å². The van der Waals surface area contributed by atoms with Gasteiger partial charge in [0.2, 0.25) is 10.0 Å². The van der Waals surface area contributed by atoms with Crippen molar-refractivity contribution in [3.8, 4) is 0 Å². The largest absolute Gasteiger partial charge is 0.462 e. The summed E-state index contributed by atoms with van der Waals surface area (Å²) in [4.78, 5) is 11.4. The van der Waals surface area contributed by atoms with Crippen LogP contribution in [0, 0.1) is 18.7 Å². The Bertz CT molecular complexity index is 596. The molecule has 106 valence electrons. The van der Waals surface area contributed by atoms with Gasteiger partial charge in [-0.2, -0.15) is 0 Å². The molecule has 0 atom stereocenters. The Morgan fingerprint density at radius 2 is 2.00 bits per heavy atom. The smallest absolute Gasteiger partial charge is 0.341 e. The highest BCUT2D eigenvalue weighted by Gasteiger charge is 2.20. The summed E-state index contributed by atoms with van der Waals surface area (Å²) < 4.78 is 41.1. The van der Waals surface area contributed by atoms with E-state index in [9.17, 15) is 17.6 Å². The van der Waals surface area contributed by atoms with Crippen LogP contribution in [0.4, 0.5) is 4.39 Å². The van der Waals surface area contributed by atoms with Crippen LogP contribution in [0.2, 0.25) is 0 Å². The lowest BCUT2D eigenvalue weighted by atomic mass is 10.1. The molecule has 0 fully saturated rings. The maximum atomic E-state index is 13.7. The molecule has 0 aliphatic carbocycles. The average Bonchev–Trinajstić information content (AvgIpc) is 2.24. The summed E-state index contributed by atoms with van der Waals surface area (Å²) in [7, 11) is -4.01. The molecule has 5 nitrogen and oxygen atoms in total. The highest BCUT2D eigenvalue weighted by Crippen LogP contribution is 2.20. The monoisotopic (exact) mass is 289 g/mol. The summed E-state index contributed by atoms with van der Waals surface area (Å²) in [5, 5.41) is 5.00. The van der Waals surface area contributed by atoms with Gasteiger partial charge in [0.05, 0.1) is 17.1 Å². The van der Waals surface area contributed by atoms with Crippen LogP contribution in [-0.4, -0.2) is 21.0 Å². The van der Waals surface area contributed by atoms with Gasteiger partial charge in [-0.1, -0.05) is 13.8 Å². The van der Waals surface area contributed by atoms with Gasteiger partial charge in [0.25, 0.3) is 0 Å². The van der Waals surface area contributed by atoms with Crippen LogP contribution >= 0.6 is 0 Å². The molecule has 19 heavy (non-hydrogen) atoms. The van der Waals surface area contributed by atoms with Crippen LogP contribution in [0.15, 0.2) is 17.0 Å². The lowest BCUT2D eigenvalue weighted by molar-refractivity contribution is 0.0453. The minimum atomic E-state index is -4.01. The number of ether oxygens (including phenoxy) is 1. The van der Waals surface area contributed by atoms with Crippen LogP contribution in [-0.2, 0) is 14.8 Å². The number of aryl methyl sites for hydroxylation is 1. The fourth-order valence-electron chi connectivity index (χ4n) is 1.44. The molecule has 7 heteroatoms. The summed E-state index contributed by atoms with van der Waals surface area (Å²) in [5.74, 6) is -1.65. The molecule has 1 aromatic carbocycles. The van der Waals surface area contributed by atoms with Gasteiger partial charge < -0.3 is 4.74 Å². The van der Waals surface area contributed by atoms with E-state index in [2.05, 4.69) is 0 Å². The maximum Gasteiger partial charge on any atom is 0.341 e. The number of esters is 1. The number of primary sulfonamides is 1.